The molecule has 2 heteroatoms. The van der Waals surface area contributed by atoms with Crippen molar-refractivity contribution in [3.05, 3.63) is 65.2 Å². The van der Waals surface area contributed by atoms with E-state index in [0.717, 1.165) is 6.54 Å². The van der Waals surface area contributed by atoms with Gasteiger partial charge in [0.05, 0.1) is 0 Å². The summed E-state index contributed by atoms with van der Waals surface area (Å²) in [5.41, 5.74) is 4.53. The highest BCUT2D eigenvalue weighted by atomic mass is 32.2. The molecule has 3 rings (SSSR count). The normalized spacial score (nSPS) is 20.4. The largest absolute Gasteiger partial charge is 0.309 e. The molecule has 0 spiro atoms. The van der Waals surface area contributed by atoms with E-state index in [-0.39, 0.29) is 0 Å². The summed E-state index contributed by atoms with van der Waals surface area (Å²) in [6.45, 7) is 3.51. The number of thioether (sulfide) groups is 1. The van der Waals surface area contributed by atoms with E-state index in [0.29, 0.717) is 11.2 Å². The van der Waals surface area contributed by atoms with Gasteiger partial charge in [-0.05, 0) is 56.2 Å². The fourth-order valence-electron chi connectivity index (χ4n) is 3.34. The zero-order chi connectivity index (χ0) is 15.5. The number of fused-ring (bicyclic) bond motifs is 2. The van der Waals surface area contributed by atoms with Crippen LogP contribution >= 0.6 is 11.8 Å². The van der Waals surface area contributed by atoms with Crippen LogP contribution in [0.4, 0.5) is 0 Å². The van der Waals surface area contributed by atoms with Gasteiger partial charge in [-0.15, -0.1) is 11.8 Å². The second-order valence-corrected chi connectivity index (χ2v) is 7.68. The Morgan fingerprint density at radius 2 is 1.55 bits per heavy atom. The monoisotopic (exact) mass is 311 g/mol. The summed E-state index contributed by atoms with van der Waals surface area (Å²) in [5.74, 6) is 0.485. The van der Waals surface area contributed by atoms with E-state index >= 15 is 0 Å². The van der Waals surface area contributed by atoms with Crippen LogP contribution in [0.2, 0.25) is 0 Å². The van der Waals surface area contributed by atoms with Crippen molar-refractivity contribution < 1.29 is 0 Å². The smallest absolute Gasteiger partial charge is 0.0348 e. The van der Waals surface area contributed by atoms with E-state index in [4.69, 9.17) is 0 Å². The lowest BCUT2D eigenvalue weighted by molar-refractivity contribution is 0.393. The van der Waals surface area contributed by atoms with Crippen LogP contribution in [-0.4, -0.2) is 25.5 Å². The van der Waals surface area contributed by atoms with Crippen LogP contribution in [0, 0.1) is 0 Å². The van der Waals surface area contributed by atoms with E-state index < -0.39 is 0 Å². The number of benzene rings is 2. The van der Waals surface area contributed by atoms with Crippen LogP contribution in [-0.2, 0) is 0 Å². The molecule has 0 amide bonds. The maximum atomic E-state index is 2.35. The van der Waals surface area contributed by atoms with Crippen molar-refractivity contribution in [1.82, 2.24) is 4.90 Å². The average molecular weight is 311 g/mol. The van der Waals surface area contributed by atoms with Gasteiger partial charge in [0.1, 0.15) is 0 Å². The molecule has 1 heterocycles. The van der Waals surface area contributed by atoms with Crippen LogP contribution in [0.1, 0.15) is 47.6 Å². The number of hydrogen-bond acceptors (Lipinski definition) is 2. The summed E-state index contributed by atoms with van der Waals surface area (Å²) in [6.07, 6.45) is 2.48. The minimum absolute atomic E-state index is 0.485. The highest BCUT2D eigenvalue weighted by molar-refractivity contribution is 7.99. The molecule has 0 aliphatic carbocycles. The van der Waals surface area contributed by atoms with Gasteiger partial charge in [-0.2, -0.15) is 0 Å². The summed E-state index contributed by atoms with van der Waals surface area (Å²) < 4.78 is 0. The van der Waals surface area contributed by atoms with Gasteiger partial charge in [-0.25, -0.2) is 0 Å². The predicted octanol–water partition coefficient (Wildman–Crippen LogP) is 5.33. The van der Waals surface area contributed by atoms with Crippen molar-refractivity contribution in [1.29, 1.82) is 0 Å². The Morgan fingerprint density at radius 1 is 0.909 bits per heavy atom. The molecule has 0 N–H and O–H groups in total. The molecule has 1 nitrogen and oxygen atoms in total. The summed E-state index contributed by atoms with van der Waals surface area (Å²) in [4.78, 5) is 3.74. The highest BCUT2D eigenvalue weighted by Gasteiger charge is 2.26. The van der Waals surface area contributed by atoms with E-state index in [2.05, 4.69) is 86.2 Å². The first-order valence-corrected chi connectivity index (χ1v) is 9.04. The van der Waals surface area contributed by atoms with Crippen LogP contribution in [0.15, 0.2) is 53.4 Å². The zero-order valence-corrected chi connectivity index (χ0v) is 14.6. The van der Waals surface area contributed by atoms with Crippen LogP contribution < -0.4 is 0 Å². The summed E-state index contributed by atoms with van der Waals surface area (Å²) in [5, 5.41) is 0.572. The molecule has 22 heavy (non-hydrogen) atoms. The van der Waals surface area contributed by atoms with Gasteiger partial charge >= 0.3 is 0 Å². The molecule has 116 valence electrons. The van der Waals surface area contributed by atoms with Crippen molar-refractivity contribution in [3.63, 3.8) is 0 Å². The Morgan fingerprint density at radius 3 is 2.27 bits per heavy atom. The molecule has 2 atom stereocenters. The maximum absolute atomic E-state index is 2.35. The number of rotatable bonds is 4. The third-order valence-electron chi connectivity index (χ3n) is 4.54. The van der Waals surface area contributed by atoms with Gasteiger partial charge in [0.2, 0.25) is 0 Å². The lowest BCUT2D eigenvalue weighted by Gasteiger charge is -2.19. The number of nitrogens with zero attached hydrogens (tertiary/aromatic N) is 1. The topological polar surface area (TPSA) is 3.24 Å². The Hall–Kier alpha value is -1.25. The molecule has 1 aliphatic rings. The van der Waals surface area contributed by atoms with E-state index in [9.17, 15) is 0 Å². The first-order valence-electron chi connectivity index (χ1n) is 8.16. The minimum atomic E-state index is 0.485. The van der Waals surface area contributed by atoms with Crippen LogP contribution in [0.3, 0.4) is 0 Å². The molecule has 2 aromatic carbocycles. The summed E-state index contributed by atoms with van der Waals surface area (Å²) in [6, 6.07) is 18.0. The average Bonchev–Trinajstić information content (AvgIpc) is 2.64. The lowest BCUT2D eigenvalue weighted by Crippen LogP contribution is -2.13. The molecule has 2 aromatic rings. The molecule has 0 unspecified atom stereocenters. The standard InChI is InChI=1S/C20H25NS/c1-15-16-9-4-5-11-18(16)20(13-8-14-21(2)3)22-19-12-7-6-10-17(15)19/h4-7,9-12,15,20H,8,13-14H2,1-3H3/t15-,20+/m0/s1. The van der Waals surface area contributed by atoms with Gasteiger partial charge in [0.25, 0.3) is 0 Å². The van der Waals surface area contributed by atoms with Crippen molar-refractivity contribution in [2.75, 3.05) is 20.6 Å². The predicted molar refractivity (Wildman–Crippen MR) is 96.8 cm³/mol. The first-order chi connectivity index (χ1) is 10.7. The molecular weight excluding hydrogens is 286 g/mol. The van der Waals surface area contributed by atoms with E-state index in [1.54, 1.807) is 0 Å². The zero-order valence-electron chi connectivity index (χ0n) is 13.8. The van der Waals surface area contributed by atoms with Crippen molar-refractivity contribution in [2.45, 2.75) is 35.8 Å². The van der Waals surface area contributed by atoms with Gasteiger partial charge in [-0.1, -0.05) is 49.4 Å². The second kappa shape index (κ2) is 6.89. The molecule has 0 saturated heterocycles. The Balaban J connectivity index is 1.95. The number of hydrogen-bond donors (Lipinski definition) is 0. The fourth-order valence-corrected chi connectivity index (χ4v) is 4.81. The summed E-state index contributed by atoms with van der Waals surface area (Å²) >= 11 is 2.06. The molecule has 1 aliphatic heterocycles. The fraction of sp³-hybridized carbons (Fsp3) is 0.400. The van der Waals surface area contributed by atoms with Gasteiger partial charge in [0, 0.05) is 16.1 Å². The lowest BCUT2D eigenvalue weighted by atomic mass is 9.88. The van der Waals surface area contributed by atoms with Gasteiger partial charge in [0.15, 0.2) is 0 Å². The molecule has 0 radical (unpaired) electrons. The van der Waals surface area contributed by atoms with Crippen molar-refractivity contribution >= 4 is 11.8 Å². The molecule has 0 aromatic heterocycles. The maximum Gasteiger partial charge on any atom is 0.0348 e. The third kappa shape index (κ3) is 3.23. The molecular formula is C20H25NS. The van der Waals surface area contributed by atoms with Crippen molar-refractivity contribution in [3.8, 4) is 0 Å². The molecule has 0 fully saturated rings. The Kier molecular flexibility index (Phi) is 4.90. The quantitative estimate of drug-likeness (QED) is 0.751. The van der Waals surface area contributed by atoms with Gasteiger partial charge in [-0.3, -0.25) is 0 Å². The third-order valence-corrected chi connectivity index (χ3v) is 5.94. The minimum Gasteiger partial charge on any atom is -0.309 e. The Bertz CT molecular complexity index is 635. The summed E-state index contributed by atoms with van der Waals surface area (Å²) in [7, 11) is 4.32. The van der Waals surface area contributed by atoms with Crippen LogP contribution in [0.25, 0.3) is 0 Å². The van der Waals surface area contributed by atoms with E-state index in [1.165, 1.54) is 34.4 Å². The van der Waals surface area contributed by atoms with E-state index in [1.807, 2.05) is 0 Å². The highest BCUT2D eigenvalue weighted by Crippen LogP contribution is 2.48. The Labute approximate surface area is 138 Å². The van der Waals surface area contributed by atoms with Crippen molar-refractivity contribution in [2.24, 2.45) is 0 Å². The molecule has 0 saturated carbocycles. The van der Waals surface area contributed by atoms with Gasteiger partial charge < -0.3 is 4.90 Å². The SMILES string of the molecule is C[C@@H]1c2ccccc2S[C@H](CCCN(C)C)c2ccccc21. The van der Waals surface area contributed by atoms with Crippen LogP contribution in [0.5, 0.6) is 0 Å². The second-order valence-electron chi connectivity index (χ2n) is 6.44. The molecule has 0 bridgehead atoms. The first kappa shape index (κ1) is 15.6.